The maximum atomic E-state index is 12.3. The van der Waals surface area contributed by atoms with Crippen molar-refractivity contribution in [3.05, 3.63) is 36.0 Å². The number of carbonyl (C=O) groups excluding carboxylic acids is 2. The summed E-state index contributed by atoms with van der Waals surface area (Å²) in [4.78, 5) is 28.6. The van der Waals surface area contributed by atoms with Gasteiger partial charge in [0.05, 0.1) is 12.6 Å². The Morgan fingerprint density at radius 3 is 2.70 bits per heavy atom. The number of hydrogen-bond acceptors (Lipinski definition) is 3. The van der Waals surface area contributed by atoms with Crippen molar-refractivity contribution < 1.29 is 9.59 Å². The van der Waals surface area contributed by atoms with Crippen LogP contribution in [0.2, 0.25) is 0 Å². The lowest BCUT2D eigenvalue weighted by molar-refractivity contribution is -0.135. The fraction of sp³-hybridized carbons (Fsp3) is 0.412. The molecule has 2 aromatic rings. The topological polar surface area (TPSA) is 91.2 Å². The first-order valence-corrected chi connectivity index (χ1v) is 7.73. The molecule has 0 unspecified atom stereocenters. The second kappa shape index (κ2) is 7.28. The van der Waals surface area contributed by atoms with E-state index in [0.29, 0.717) is 6.42 Å². The molecule has 0 fully saturated rings. The standard InChI is InChI=1S/C17H24N4O2/c1-11(2)20-16(22)10-21(3)17(23)14(18)8-12-9-19-15-7-5-4-6-13(12)15/h4-7,9,11,14,19H,8,10,18H2,1-3H3,(H,20,22)/t14-/m0/s1. The number of H-pyrrole nitrogens is 1. The van der Waals surface area contributed by atoms with Gasteiger partial charge < -0.3 is 20.9 Å². The summed E-state index contributed by atoms with van der Waals surface area (Å²) in [7, 11) is 1.59. The van der Waals surface area contributed by atoms with Crippen LogP contribution in [-0.2, 0) is 16.0 Å². The number of nitrogens with zero attached hydrogens (tertiary/aromatic N) is 1. The van der Waals surface area contributed by atoms with Gasteiger partial charge >= 0.3 is 0 Å². The van der Waals surface area contributed by atoms with E-state index in [1.54, 1.807) is 7.05 Å². The van der Waals surface area contributed by atoms with E-state index in [-0.39, 0.29) is 24.4 Å². The van der Waals surface area contributed by atoms with E-state index in [1.165, 1.54) is 4.90 Å². The first-order valence-electron chi connectivity index (χ1n) is 7.73. The van der Waals surface area contributed by atoms with Gasteiger partial charge in [-0.05, 0) is 31.9 Å². The summed E-state index contributed by atoms with van der Waals surface area (Å²) in [5, 5.41) is 3.82. The Kier molecular flexibility index (Phi) is 5.39. The van der Waals surface area contributed by atoms with E-state index >= 15 is 0 Å². The third-order valence-electron chi connectivity index (χ3n) is 3.64. The zero-order valence-electron chi connectivity index (χ0n) is 13.8. The van der Waals surface area contributed by atoms with Crippen molar-refractivity contribution in [3.63, 3.8) is 0 Å². The molecule has 1 aromatic carbocycles. The predicted molar refractivity (Wildman–Crippen MR) is 90.9 cm³/mol. The van der Waals surface area contributed by atoms with Crippen LogP contribution >= 0.6 is 0 Å². The molecule has 23 heavy (non-hydrogen) atoms. The molecule has 6 nitrogen and oxygen atoms in total. The fourth-order valence-corrected chi connectivity index (χ4v) is 2.57. The average Bonchev–Trinajstić information content (AvgIpc) is 2.88. The number of likely N-dealkylation sites (N-methyl/N-ethyl adjacent to an activating group) is 1. The lowest BCUT2D eigenvalue weighted by Crippen LogP contribution is -2.47. The summed E-state index contributed by atoms with van der Waals surface area (Å²) in [5.41, 5.74) is 8.06. The number of carbonyl (C=O) groups is 2. The zero-order chi connectivity index (χ0) is 17.0. The van der Waals surface area contributed by atoms with Gasteiger partial charge in [0, 0.05) is 30.2 Å². The minimum atomic E-state index is -0.675. The summed E-state index contributed by atoms with van der Waals surface area (Å²) < 4.78 is 0. The van der Waals surface area contributed by atoms with Gasteiger partial charge in [0.25, 0.3) is 0 Å². The minimum Gasteiger partial charge on any atom is -0.361 e. The maximum Gasteiger partial charge on any atom is 0.240 e. The van der Waals surface area contributed by atoms with Crippen LogP contribution in [0.25, 0.3) is 10.9 Å². The lowest BCUT2D eigenvalue weighted by atomic mass is 10.0. The monoisotopic (exact) mass is 316 g/mol. The van der Waals surface area contributed by atoms with Crippen molar-refractivity contribution in [2.75, 3.05) is 13.6 Å². The van der Waals surface area contributed by atoms with Gasteiger partial charge in [0.2, 0.25) is 11.8 Å². The minimum absolute atomic E-state index is 0.0125. The summed E-state index contributed by atoms with van der Waals surface area (Å²) >= 11 is 0. The molecule has 2 amide bonds. The van der Waals surface area contributed by atoms with E-state index in [1.807, 2.05) is 44.3 Å². The van der Waals surface area contributed by atoms with E-state index < -0.39 is 6.04 Å². The molecule has 6 heteroatoms. The Balaban J connectivity index is 1.98. The molecule has 124 valence electrons. The summed E-state index contributed by atoms with van der Waals surface area (Å²) in [6, 6.07) is 7.26. The Morgan fingerprint density at radius 2 is 2.00 bits per heavy atom. The maximum absolute atomic E-state index is 12.3. The Hall–Kier alpha value is -2.34. The Labute approximate surface area is 136 Å². The number of amides is 2. The second-order valence-corrected chi connectivity index (χ2v) is 6.09. The predicted octanol–water partition coefficient (Wildman–Crippen LogP) is 1.02. The van der Waals surface area contributed by atoms with Crippen LogP contribution in [0.5, 0.6) is 0 Å². The molecule has 1 atom stereocenters. The number of fused-ring (bicyclic) bond motifs is 1. The Bertz CT molecular complexity index is 693. The first kappa shape index (κ1) is 17.0. The van der Waals surface area contributed by atoms with Crippen molar-refractivity contribution in [2.45, 2.75) is 32.4 Å². The number of hydrogen-bond donors (Lipinski definition) is 3. The Morgan fingerprint density at radius 1 is 1.30 bits per heavy atom. The van der Waals surface area contributed by atoms with Crippen LogP contribution in [0.4, 0.5) is 0 Å². The van der Waals surface area contributed by atoms with Crippen LogP contribution < -0.4 is 11.1 Å². The molecule has 0 aliphatic carbocycles. The molecule has 0 saturated heterocycles. The van der Waals surface area contributed by atoms with E-state index in [0.717, 1.165) is 16.5 Å². The third-order valence-corrected chi connectivity index (χ3v) is 3.64. The van der Waals surface area contributed by atoms with Crippen molar-refractivity contribution >= 4 is 22.7 Å². The normalized spacial score (nSPS) is 12.4. The lowest BCUT2D eigenvalue weighted by Gasteiger charge is -2.21. The molecule has 0 bridgehead atoms. The van der Waals surface area contributed by atoms with Crippen molar-refractivity contribution in [2.24, 2.45) is 5.73 Å². The van der Waals surface area contributed by atoms with E-state index in [4.69, 9.17) is 5.73 Å². The van der Waals surface area contributed by atoms with E-state index in [9.17, 15) is 9.59 Å². The molecule has 0 aliphatic heterocycles. The molecular formula is C17H24N4O2. The van der Waals surface area contributed by atoms with Crippen molar-refractivity contribution in [3.8, 4) is 0 Å². The highest BCUT2D eigenvalue weighted by Gasteiger charge is 2.21. The zero-order valence-corrected chi connectivity index (χ0v) is 13.8. The van der Waals surface area contributed by atoms with Crippen LogP contribution in [0, 0.1) is 0 Å². The third kappa shape index (κ3) is 4.32. The second-order valence-electron chi connectivity index (χ2n) is 6.09. The highest BCUT2D eigenvalue weighted by Crippen LogP contribution is 2.19. The molecule has 0 saturated carbocycles. The van der Waals surface area contributed by atoms with Crippen molar-refractivity contribution in [1.29, 1.82) is 0 Å². The molecule has 0 radical (unpaired) electrons. The number of nitrogens with two attached hydrogens (primary N) is 1. The number of para-hydroxylation sites is 1. The summed E-state index contributed by atoms with van der Waals surface area (Å²) in [6.45, 7) is 3.77. The number of rotatable bonds is 6. The molecule has 2 rings (SSSR count). The van der Waals surface area contributed by atoms with Gasteiger partial charge in [-0.25, -0.2) is 0 Å². The van der Waals surface area contributed by atoms with Gasteiger partial charge in [-0.3, -0.25) is 9.59 Å². The quantitative estimate of drug-likeness (QED) is 0.743. The first-order chi connectivity index (χ1) is 10.9. The molecule has 0 aliphatic rings. The van der Waals surface area contributed by atoms with Gasteiger partial charge in [-0.1, -0.05) is 18.2 Å². The molecule has 0 spiro atoms. The largest absolute Gasteiger partial charge is 0.361 e. The summed E-state index contributed by atoms with van der Waals surface area (Å²) in [6.07, 6.45) is 2.31. The van der Waals surface area contributed by atoms with Crippen LogP contribution in [0.15, 0.2) is 30.5 Å². The van der Waals surface area contributed by atoms with Gasteiger partial charge in [-0.2, -0.15) is 0 Å². The SMILES string of the molecule is CC(C)NC(=O)CN(C)C(=O)[C@@H](N)Cc1c[nH]c2ccccc12. The number of aromatic amines is 1. The molecule has 1 aromatic heterocycles. The average molecular weight is 316 g/mol. The van der Waals surface area contributed by atoms with Crippen LogP contribution in [0.3, 0.4) is 0 Å². The number of nitrogens with one attached hydrogen (secondary N) is 2. The van der Waals surface area contributed by atoms with Crippen LogP contribution in [-0.4, -0.2) is 47.4 Å². The smallest absolute Gasteiger partial charge is 0.240 e. The number of benzene rings is 1. The number of aromatic nitrogens is 1. The van der Waals surface area contributed by atoms with Gasteiger partial charge in [0.1, 0.15) is 0 Å². The fourth-order valence-electron chi connectivity index (χ4n) is 2.57. The van der Waals surface area contributed by atoms with Gasteiger partial charge in [0.15, 0.2) is 0 Å². The van der Waals surface area contributed by atoms with Crippen molar-refractivity contribution in [1.82, 2.24) is 15.2 Å². The highest BCUT2D eigenvalue weighted by atomic mass is 16.2. The molecule has 1 heterocycles. The molecular weight excluding hydrogens is 292 g/mol. The van der Waals surface area contributed by atoms with E-state index in [2.05, 4.69) is 10.3 Å². The van der Waals surface area contributed by atoms with Gasteiger partial charge in [-0.15, -0.1) is 0 Å². The summed E-state index contributed by atoms with van der Waals surface area (Å²) in [5.74, 6) is -0.427. The van der Waals surface area contributed by atoms with Crippen LogP contribution in [0.1, 0.15) is 19.4 Å². The highest BCUT2D eigenvalue weighted by molar-refractivity contribution is 5.88. The molecule has 4 N–H and O–H groups in total.